The topological polar surface area (TPSA) is 86.6 Å². The molecule has 5 nitrogen and oxygen atoms in total. The van der Waals surface area contributed by atoms with Crippen LogP contribution >= 0.6 is 0 Å². The van der Waals surface area contributed by atoms with Gasteiger partial charge in [0.2, 0.25) is 0 Å². The lowest BCUT2D eigenvalue weighted by Gasteiger charge is -2.09. The number of aliphatic hydroxyl groups is 1. The van der Waals surface area contributed by atoms with Gasteiger partial charge in [0.05, 0.1) is 12.5 Å². The molecule has 0 bridgehead atoms. The number of carbonyl (C=O) groups is 2. The van der Waals surface area contributed by atoms with Crippen LogP contribution in [0.1, 0.15) is 16.8 Å². The zero-order chi connectivity index (χ0) is 12.0. The Morgan fingerprint density at radius 2 is 1.88 bits per heavy atom. The summed E-state index contributed by atoms with van der Waals surface area (Å²) in [5, 5.41) is 20.1. The van der Waals surface area contributed by atoms with Crippen LogP contribution in [0.2, 0.25) is 0 Å². The number of hydrogen-bond donors (Lipinski definition) is 3. The summed E-state index contributed by atoms with van der Waals surface area (Å²) in [4.78, 5) is 21.7. The van der Waals surface area contributed by atoms with Gasteiger partial charge in [-0.3, -0.25) is 9.59 Å². The average Bonchev–Trinajstić information content (AvgIpc) is 2.26. The minimum atomic E-state index is -1.10. The molecule has 0 spiro atoms. The maximum atomic E-state index is 11.5. The highest BCUT2D eigenvalue weighted by Crippen LogP contribution is 1.98. The number of hydrogen-bond acceptors (Lipinski definition) is 3. The molecule has 5 heteroatoms. The van der Waals surface area contributed by atoms with Crippen molar-refractivity contribution in [2.24, 2.45) is 0 Å². The molecule has 0 fully saturated rings. The number of rotatable bonds is 5. The summed E-state index contributed by atoms with van der Waals surface area (Å²) >= 11 is 0. The van der Waals surface area contributed by atoms with Crippen molar-refractivity contribution in [3.8, 4) is 0 Å². The van der Waals surface area contributed by atoms with Gasteiger partial charge in [-0.2, -0.15) is 0 Å². The maximum absolute atomic E-state index is 11.5. The first-order valence-electron chi connectivity index (χ1n) is 4.82. The number of aliphatic carboxylic acids is 1. The van der Waals surface area contributed by atoms with Crippen molar-refractivity contribution in [2.75, 3.05) is 6.54 Å². The van der Waals surface area contributed by atoms with Crippen molar-refractivity contribution in [3.05, 3.63) is 35.9 Å². The largest absolute Gasteiger partial charge is 0.481 e. The monoisotopic (exact) mass is 223 g/mol. The zero-order valence-electron chi connectivity index (χ0n) is 8.59. The number of carboxylic acid groups (broad SMARTS) is 1. The van der Waals surface area contributed by atoms with Crippen LogP contribution in [0.3, 0.4) is 0 Å². The molecule has 0 unspecified atom stereocenters. The second-order valence-electron chi connectivity index (χ2n) is 3.33. The van der Waals surface area contributed by atoms with E-state index in [1.165, 1.54) is 0 Å². The molecule has 0 radical (unpaired) electrons. The van der Waals surface area contributed by atoms with Gasteiger partial charge in [-0.15, -0.1) is 0 Å². The molecule has 1 amide bonds. The van der Waals surface area contributed by atoms with E-state index in [0.29, 0.717) is 5.56 Å². The molecule has 1 atom stereocenters. The van der Waals surface area contributed by atoms with Crippen molar-refractivity contribution in [1.82, 2.24) is 5.32 Å². The van der Waals surface area contributed by atoms with Crippen LogP contribution < -0.4 is 5.32 Å². The van der Waals surface area contributed by atoms with E-state index in [9.17, 15) is 14.7 Å². The van der Waals surface area contributed by atoms with E-state index >= 15 is 0 Å². The molecule has 0 saturated carbocycles. The van der Waals surface area contributed by atoms with E-state index in [4.69, 9.17) is 5.11 Å². The number of benzene rings is 1. The number of amides is 1. The van der Waals surface area contributed by atoms with Crippen LogP contribution in [-0.4, -0.2) is 34.7 Å². The highest BCUT2D eigenvalue weighted by molar-refractivity contribution is 5.94. The Balaban J connectivity index is 2.39. The van der Waals surface area contributed by atoms with Gasteiger partial charge >= 0.3 is 5.97 Å². The Hall–Kier alpha value is -1.88. The Kier molecular flexibility index (Phi) is 4.47. The van der Waals surface area contributed by atoms with Gasteiger partial charge in [-0.05, 0) is 12.1 Å². The van der Waals surface area contributed by atoms with Gasteiger partial charge in [0.15, 0.2) is 0 Å². The van der Waals surface area contributed by atoms with E-state index in [2.05, 4.69) is 5.32 Å². The quantitative estimate of drug-likeness (QED) is 0.668. The van der Waals surface area contributed by atoms with Gasteiger partial charge in [0.1, 0.15) is 0 Å². The fourth-order valence-electron chi connectivity index (χ4n) is 1.18. The van der Waals surface area contributed by atoms with E-state index in [-0.39, 0.29) is 18.9 Å². The number of carboxylic acids is 1. The fourth-order valence-corrected chi connectivity index (χ4v) is 1.18. The molecule has 1 rings (SSSR count). The van der Waals surface area contributed by atoms with Crippen LogP contribution in [0.25, 0.3) is 0 Å². The first-order valence-corrected chi connectivity index (χ1v) is 4.82. The molecule has 0 heterocycles. The Morgan fingerprint density at radius 1 is 1.25 bits per heavy atom. The van der Waals surface area contributed by atoms with Crippen LogP contribution in [0.15, 0.2) is 30.3 Å². The first-order chi connectivity index (χ1) is 7.59. The number of carbonyl (C=O) groups excluding carboxylic acids is 1. The SMILES string of the molecule is O=C(O)C[C@@H](O)CNC(=O)c1ccccc1. The highest BCUT2D eigenvalue weighted by Gasteiger charge is 2.11. The van der Waals surface area contributed by atoms with Crippen LogP contribution in [0.4, 0.5) is 0 Å². The van der Waals surface area contributed by atoms with Gasteiger partial charge < -0.3 is 15.5 Å². The average molecular weight is 223 g/mol. The molecule has 3 N–H and O–H groups in total. The molecule has 0 aliphatic carbocycles. The van der Waals surface area contributed by atoms with Gasteiger partial charge in [-0.1, -0.05) is 18.2 Å². The third-order valence-corrected chi connectivity index (χ3v) is 1.94. The summed E-state index contributed by atoms with van der Waals surface area (Å²) in [6.45, 7) is -0.0694. The predicted molar refractivity (Wildman–Crippen MR) is 57.0 cm³/mol. The Labute approximate surface area is 92.7 Å². The summed E-state index contributed by atoms with van der Waals surface area (Å²) in [5.74, 6) is -1.42. The van der Waals surface area contributed by atoms with E-state index in [1.807, 2.05) is 0 Å². The summed E-state index contributed by atoms with van der Waals surface area (Å²) in [7, 11) is 0. The first kappa shape index (κ1) is 12.2. The molecule has 0 aliphatic heterocycles. The second kappa shape index (κ2) is 5.87. The van der Waals surface area contributed by atoms with E-state index in [1.54, 1.807) is 30.3 Å². The minimum absolute atomic E-state index is 0.0694. The summed E-state index contributed by atoms with van der Waals surface area (Å²) in [5.41, 5.74) is 0.477. The third-order valence-electron chi connectivity index (χ3n) is 1.94. The van der Waals surface area contributed by atoms with E-state index < -0.39 is 12.1 Å². The number of aliphatic hydroxyl groups excluding tert-OH is 1. The molecule has 0 saturated heterocycles. The van der Waals surface area contributed by atoms with Gasteiger partial charge in [-0.25, -0.2) is 0 Å². The molecule has 1 aromatic carbocycles. The summed E-state index contributed by atoms with van der Waals surface area (Å²) < 4.78 is 0. The predicted octanol–water partition coefficient (Wildman–Crippen LogP) is 0.252. The number of nitrogens with one attached hydrogen (secondary N) is 1. The normalized spacial score (nSPS) is 11.8. The molecule has 0 aromatic heterocycles. The van der Waals surface area contributed by atoms with Crippen molar-refractivity contribution in [2.45, 2.75) is 12.5 Å². The lowest BCUT2D eigenvalue weighted by molar-refractivity contribution is -0.139. The van der Waals surface area contributed by atoms with Crippen LogP contribution in [0, 0.1) is 0 Å². The second-order valence-corrected chi connectivity index (χ2v) is 3.33. The van der Waals surface area contributed by atoms with Crippen molar-refractivity contribution in [1.29, 1.82) is 0 Å². The standard InChI is InChI=1S/C11H13NO4/c13-9(6-10(14)15)7-12-11(16)8-4-2-1-3-5-8/h1-5,9,13H,6-7H2,(H,12,16)(H,14,15)/t9-/m1/s1. The zero-order valence-corrected chi connectivity index (χ0v) is 8.59. The lowest BCUT2D eigenvalue weighted by atomic mass is 10.2. The van der Waals surface area contributed by atoms with E-state index in [0.717, 1.165) is 0 Å². The highest BCUT2D eigenvalue weighted by atomic mass is 16.4. The van der Waals surface area contributed by atoms with Crippen LogP contribution in [0.5, 0.6) is 0 Å². The molecule has 0 aliphatic rings. The summed E-state index contributed by atoms with van der Waals surface area (Å²) in [6, 6.07) is 8.51. The van der Waals surface area contributed by atoms with Crippen LogP contribution in [-0.2, 0) is 4.79 Å². The Bertz CT molecular complexity index is 364. The minimum Gasteiger partial charge on any atom is -0.481 e. The van der Waals surface area contributed by atoms with Gasteiger partial charge in [0.25, 0.3) is 5.91 Å². The molecule has 1 aromatic rings. The molecular formula is C11H13NO4. The molecule has 16 heavy (non-hydrogen) atoms. The third kappa shape index (κ3) is 4.10. The maximum Gasteiger partial charge on any atom is 0.306 e. The Morgan fingerprint density at radius 3 is 2.44 bits per heavy atom. The van der Waals surface area contributed by atoms with Crippen molar-refractivity contribution in [3.63, 3.8) is 0 Å². The molecule has 86 valence electrons. The fraction of sp³-hybridized carbons (Fsp3) is 0.273. The summed E-state index contributed by atoms with van der Waals surface area (Å²) in [6.07, 6.45) is -1.44. The van der Waals surface area contributed by atoms with Crippen molar-refractivity contribution < 1.29 is 19.8 Å². The lowest BCUT2D eigenvalue weighted by Crippen LogP contribution is -2.33. The van der Waals surface area contributed by atoms with Gasteiger partial charge in [0, 0.05) is 12.1 Å². The molecular weight excluding hydrogens is 210 g/mol. The van der Waals surface area contributed by atoms with Crippen molar-refractivity contribution >= 4 is 11.9 Å². The smallest absolute Gasteiger partial charge is 0.306 e.